The SMILES string of the molecule is CC(C)NC(C)C.CCBr. The third-order valence-corrected chi connectivity index (χ3v) is 0.667. The fourth-order valence-electron chi connectivity index (χ4n) is 0.667. The van der Waals surface area contributed by atoms with E-state index in [4.69, 9.17) is 0 Å². The maximum atomic E-state index is 3.31. The minimum atomic E-state index is 0.625. The summed E-state index contributed by atoms with van der Waals surface area (Å²) in [5.41, 5.74) is 0. The van der Waals surface area contributed by atoms with Crippen LogP contribution in [-0.4, -0.2) is 17.4 Å². The largest absolute Gasteiger partial charge is 0.312 e. The van der Waals surface area contributed by atoms with Crippen molar-refractivity contribution in [1.29, 1.82) is 0 Å². The normalized spacial score (nSPS) is 9.60. The van der Waals surface area contributed by atoms with Crippen molar-refractivity contribution in [3.63, 3.8) is 0 Å². The van der Waals surface area contributed by atoms with E-state index in [9.17, 15) is 0 Å². The first-order valence-corrected chi connectivity index (χ1v) is 4.98. The van der Waals surface area contributed by atoms with Gasteiger partial charge < -0.3 is 5.32 Å². The van der Waals surface area contributed by atoms with Crippen LogP contribution in [0.4, 0.5) is 0 Å². The average Bonchev–Trinajstić information content (AvgIpc) is 1.62. The van der Waals surface area contributed by atoms with E-state index in [0.29, 0.717) is 12.1 Å². The van der Waals surface area contributed by atoms with Gasteiger partial charge in [-0.1, -0.05) is 50.5 Å². The number of alkyl halides is 1. The Kier molecular flexibility index (Phi) is 12.3. The lowest BCUT2D eigenvalue weighted by Crippen LogP contribution is -2.29. The molecule has 0 aliphatic carbocycles. The van der Waals surface area contributed by atoms with Gasteiger partial charge in [-0.05, 0) is 0 Å². The van der Waals surface area contributed by atoms with Gasteiger partial charge in [-0.15, -0.1) is 0 Å². The predicted octanol–water partition coefficient (Wildman–Crippen LogP) is 2.79. The van der Waals surface area contributed by atoms with Gasteiger partial charge in [-0.2, -0.15) is 0 Å². The molecule has 0 saturated carbocycles. The molecule has 0 radical (unpaired) electrons. The second-order valence-corrected chi connectivity index (χ2v) is 3.86. The number of hydrogen-bond acceptors (Lipinski definition) is 1. The molecule has 0 unspecified atom stereocenters. The van der Waals surface area contributed by atoms with E-state index in [-0.39, 0.29) is 0 Å². The van der Waals surface area contributed by atoms with Crippen LogP contribution in [0.3, 0.4) is 0 Å². The maximum Gasteiger partial charge on any atom is 0.00127 e. The molecular weight excluding hydrogens is 190 g/mol. The lowest BCUT2D eigenvalue weighted by molar-refractivity contribution is 0.518. The molecule has 1 nitrogen and oxygen atoms in total. The van der Waals surface area contributed by atoms with Gasteiger partial charge in [0.1, 0.15) is 0 Å². The number of nitrogens with one attached hydrogen (secondary N) is 1. The van der Waals surface area contributed by atoms with Crippen LogP contribution in [0.5, 0.6) is 0 Å². The van der Waals surface area contributed by atoms with Crippen molar-refractivity contribution in [1.82, 2.24) is 5.32 Å². The first kappa shape index (κ1) is 13.1. The summed E-state index contributed by atoms with van der Waals surface area (Å²) in [7, 11) is 0. The zero-order chi connectivity index (χ0) is 8.57. The highest BCUT2D eigenvalue weighted by molar-refractivity contribution is 9.09. The fraction of sp³-hybridized carbons (Fsp3) is 1.00. The van der Waals surface area contributed by atoms with Crippen LogP contribution < -0.4 is 5.32 Å². The Labute approximate surface area is 73.7 Å². The van der Waals surface area contributed by atoms with Gasteiger partial charge in [0.25, 0.3) is 0 Å². The Morgan fingerprint density at radius 3 is 1.30 bits per heavy atom. The van der Waals surface area contributed by atoms with Crippen molar-refractivity contribution in [2.24, 2.45) is 0 Å². The van der Waals surface area contributed by atoms with E-state index in [1.807, 2.05) is 6.92 Å². The van der Waals surface area contributed by atoms with Gasteiger partial charge in [0.05, 0.1) is 0 Å². The summed E-state index contributed by atoms with van der Waals surface area (Å²) in [5, 5.41) is 4.37. The van der Waals surface area contributed by atoms with E-state index in [1.165, 1.54) is 0 Å². The standard InChI is InChI=1S/C6H15N.C2H5Br/c1-5(2)7-6(3)4;1-2-3/h5-7H,1-4H3;2H2,1H3. The summed E-state index contributed by atoms with van der Waals surface area (Å²) in [4.78, 5) is 0. The molecular formula is C8H20BrN. The summed E-state index contributed by atoms with van der Waals surface area (Å²) in [6.07, 6.45) is 0. The van der Waals surface area contributed by atoms with Gasteiger partial charge in [-0.25, -0.2) is 0 Å². The maximum absolute atomic E-state index is 3.31. The number of halogens is 1. The van der Waals surface area contributed by atoms with Crippen LogP contribution >= 0.6 is 15.9 Å². The van der Waals surface area contributed by atoms with Crippen molar-refractivity contribution in [2.45, 2.75) is 46.7 Å². The Bertz CT molecular complexity index is 47.2. The van der Waals surface area contributed by atoms with Gasteiger partial charge in [-0.3, -0.25) is 0 Å². The molecule has 1 N–H and O–H groups in total. The Hall–Kier alpha value is 0.440. The molecule has 0 aromatic rings. The molecule has 0 heterocycles. The van der Waals surface area contributed by atoms with Gasteiger partial charge in [0, 0.05) is 17.4 Å². The highest BCUT2D eigenvalue weighted by Gasteiger charge is 1.92. The summed E-state index contributed by atoms with van der Waals surface area (Å²) < 4.78 is 0. The Balaban J connectivity index is 0. The molecule has 0 aliphatic rings. The average molecular weight is 210 g/mol. The monoisotopic (exact) mass is 209 g/mol. The van der Waals surface area contributed by atoms with E-state index in [0.717, 1.165) is 5.33 Å². The number of rotatable bonds is 2. The predicted molar refractivity (Wildman–Crippen MR) is 52.9 cm³/mol. The van der Waals surface area contributed by atoms with Crippen LogP contribution in [-0.2, 0) is 0 Å². The molecule has 0 aromatic heterocycles. The Morgan fingerprint density at radius 2 is 1.30 bits per heavy atom. The molecule has 0 aliphatic heterocycles. The topological polar surface area (TPSA) is 12.0 Å². The third kappa shape index (κ3) is 23.7. The van der Waals surface area contributed by atoms with Crippen molar-refractivity contribution >= 4 is 15.9 Å². The van der Waals surface area contributed by atoms with Gasteiger partial charge >= 0.3 is 0 Å². The highest BCUT2D eigenvalue weighted by atomic mass is 79.9. The molecule has 0 atom stereocenters. The highest BCUT2D eigenvalue weighted by Crippen LogP contribution is 1.80. The lowest BCUT2D eigenvalue weighted by Gasteiger charge is -2.10. The van der Waals surface area contributed by atoms with E-state index in [1.54, 1.807) is 0 Å². The number of hydrogen-bond donors (Lipinski definition) is 1. The first-order chi connectivity index (χ1) is 4.54. The summed E-state index contributed by atoms with van der Waals surface area (Å²) >= 11 is 3.15. The molecule has 0 saturated heterocycles. The van der Waals surface area contributed by atoms with Crippen molar-refractivity contribution in [3.05, 3.63) is 0 Å². The van der Waals surface area contributed by atoms with Crippen LogP contribution in [0, 0.1) is 0 Å². The van der Waals surface area contributed by atoms with Gasteiger partial charge in [0.2, 0.25) is 0 Å². The summed E-state index contributed by atoms with van der Waals surface area (Å²) in [6.45, 7) is 10.7. The molecule has 64 valence electrons. The van der Waals surface area contributed by atoms with Crippen molar-refractivity contribution < 1.29 is 0 Å². The quantitative estimate of drug-likeness (QED) is 0.691. The molecule has 0 rings (SSSR count). The van der Waals surface area contributed by atoms with Crippen LogP contribution in [0.15, 0.2) is 0 Å². The van der Waals surface area contributed by atoms with Gasteiger partial charge in [0.15, 0.2) is 0 Å². The third-order valence-electron chi connectivity index (χ3n) is 0.667. The summed E-state index contributed by atoms with van der Waals surface area (Å²) in [5.74, 6) is 0. The lowest BCUT2D eigenvalue weighted by atomic mass is 10.3. The molecule has 0 bridgehead atoms. The van der Waals surface area contributed by atoms with Crippen molar-refractivity contribution in [2.75, 3.05) is 5.33 Å². The molecule has 0 fully saturated rings. The molecule has 10 heavy (non-hydrogen) atoms. The zero-order valence-corrected chi connectivity index (χ0v) is 9.33. The molecule has 0 amide bonds. The van der Waals surface area contributed by atoms with E-state index >= 15 is 0 Å². The second kappa shape index (κ2) is 9.44. The van der Waals surface area contributed by atoms with E-state index in [2.05, 4.69) is 48.9 Å². The Morgan fingerprint density at radius 1 is 1.10 bits per heavy atom. The smallest absolute Gasteiger partial charge is 0.00127 e. The minimum absolute atomic E-state index is 0.625. The zero-order valence-electron chi connectivity index (χ0n) is 7.74. The fourth-order valence-corrected chi connectivity index (χ4v) is 0.667. The van der Waals surface area contributed by atoms with Crippen LogP contribution in [0.25, 0.3) is 0 Å². The van der Waals surface area contributed by atoms with Crippen LogP contribution in [0.2, 0.25) is 0 Å². The molecule has 2 heteroatoms. The molecule has 0 spiro atoms. The first-order valence-electron chi connectivity index (χ1n) is 3.86. The molecule has 0 aromatic carbocycles. The minimum Gasteiger partial charge on any atom is -0.312 e. The summed E-state index contributed by atoms with van der Waals surface area (Å²) in [6, 6.07) is 1.25. The second-order valence-electron chi connectivity index (χ2n) is 2.74. The van der Waals surface area contributed by atoms with E-state index < -0.39 is 0 Å². The van der Waals surface area contributed by atoms with Crippen molar-refractivity contribution in [3.8, 4) is 0 Å². The van der Waals surface area contributed by atoms with Crippen LogP contribution in [0.1, 0.15) is 34.6 Å².